The van der Waals surface area contributed by atoms with Gasteiger partial charge in [0.2, 0.25) is 5.89 Å². The summed E-state index contributed by atoms with van der Waals surface area (Å²) in [6.45, 7) is 1.31. The van der Waals surface area contributed by atoms with Gasteiger partial charge >= 0.3 is 11.9 Å². The third kappa shape index (κ3) is 3.46. The molecular formula is C14H14N2O5. The minimum Gasteiger partial charge on any atom is -0.480 e. The molecule has 0 amide bonds. The highest BCUT2D eigenvalue weighted by atomic mass is 16.5. The number of rotatable bonds is 5. The summed E-state index contributed by atoms with van der Waals surface area (Å²) in [4.78, 5) is 18.6. The Bertz CT molecular complexity index is 649. The minimum atomic E-state index is -1.33. The lowest BCUT2D eigenvalue weighted by molar-refractivity contribution is -0.140. The van der Waals surface area contributed by atoms with Crippen molar-refractivity contribution >= 4 is 12.2 Å². The quantitative estimate of drug-likeness (QED) is 0.715. The number of carboxylic acids is 1. The number of aliphatic carboxylic acids is 1. The van der Waals surface area contributed by atoms with Crippen LogP contribution in [0.4, 0.5) is 0 Å². The van der Waals surface area contributed by atoms with E-state index >= 15 is 0 Å². The van der Waals surface area contributed by atoms with Gasteiger partial charge < -0.3 is 19.7 Å². The molecule has 7 heteroatoms. The monoisotopic (exact) mass is 290 g/mol. The number of hydrogen-bond donors (Lipinski definition) is 3. The van der Waals surface area contributed by atoms with Crippen LogP contribution in [0, 0.1) is 0 Å². The van der Waals surface area contributed by atoms with Crippen molar-refractivity contribution in [3.63, 3.8) is 0 Å². The number of benzene rings is 1. The van der Waals surface area contributed by atoms with Crippen molar-refractivity contribution < 1.29 is 24.5 Å². The van der Waals surface area contributed by atoms with E-state index in [4.69, 9.17) is 9.52 Å². The summed E-state index contributed by atoms with van der Waals surface area (Å²) in [5.41, 5.74) is 0.665. The normalized spacial score (nSPS) is 14.2. The van der Waals surface area contributed by atoms with Crippen molar-refractivity contribution in [3.8, 4) is 17.4 Å². The summed E-state index contributed by atoms with van der Waals surface area (Å²) in [6, 6.07) is 7.58. The van der Waals surface area contributed by atoms with Gasteiger partial charge in [-0.2, -0.15) is 0 Å². The van der Waals surface area contributed by atoms with Crippen molar-refractivity contribution in [1.29, 1.82) is 0 Å². The van der Waals surface area contributed by atoms with Crippen molar-refractivity contribution in [2.75, 3.05) is 0 Å². The van der Waals surface area contributed by atoms with Crippen LogP contribution in [0.15, 0.2) is 39.7 Å². The number of nitrogens with zero attached hydrogens (tertiary/aromatic N) is 2. The van der Waals surface area contributed by atoms with Gasteiger partial charge in [0.25, 0.3) is 0 Å². The van der Waals surface area contributed by atoms with Crippen LogP contribution < -0.4 is 0 Å². The molecule has 2 atom stereocenters. The Morgan fingerprint density at radius 2 is 2.05 bits per heavy atom. The summed E-state index contributed by atoms with van der Waals surface area (Å²) in [5, 5.41) is 27.9. The third-order valence-corrected chi connectivity index (χ3v) is 2.72. The lowest BCUT2D eigenvalue weighted by atomic mass is 10.2. The topological polar surface area (TPSA) is 116 Å². The largest absolute Gasteiger partial charge is 0.480 e. The number of carboxylic acid groups (broad SMARTS) is 1. The Morgan fingerprint density at radius 1 is 1.38 bits per heavy atom. The van der Waals surface area contributed by atoms with E-state index < -0.39 is 24.1 Å². The van der Waals surface area contributed by atoms with Crippen LogP contribution in [-0.2, 0) is 4.79 Å². The lowest BCUT2D eigenvalue weighted by Gasteiger charge is -2.08. The average molecular weight is 290 g/mol. The van der Waals surface area contributed by atoms with Gasteiger partial charge in [0.15, 0.2) is 11.7 Å². The second-order valence-corrected chi connectivity index (χ2v) is 4.38. The molecule has 0 radical (unpaired) electrons. The molecule has 0 aliphatic carbocycles. The second kappa shape index (κ2) is 6.19. The molecule has 1 aromatic heterocycles. The Morgan fingerprint density at radius 3 is 2.62 bits per heavy atom. The van der Waals surface area contributed by atoms with E-state index in [-0.39, 0.29) is 11.6 Å². The fourth-order valence-electron chi connectivity index (χ4n) is 1.66. The summed E-state index contributed by atoms with van der Waals surface area (Å²) in [6.07, 6.45) is -0.0991. The molecular weight excluding hydrogens is 276 g/mol. The van der Waals surface area contributed by atoms with Crippen molar-refractivity contribution in [1.82, 2.24) is 4.98 Å². The lowest BCUT2D eigenvalue weighted by Crippen LogP contribution is -2.30. The summed E-state index contributed by atoms with van der Waals surface area (Å²) < 4.78 is 5.10. The van der Waals surface area contributed by atoms with Crippen molar-refractivity contribution in [2.24, 2.45) is 4.99 Å². The van der Waals surface area contributed by atoms with E-state index in [0.717, 1.165) is 6.21 Å². The molecule has 0 saturated carbocycles. The molecule has 3 N–H and O–H groups in total. The van der Waals surface area contributed by atoms with E-state index in [0.29, 0.717) is 5.56 Å². The average Bonchev–Trinajstić information content (AvgIpc) is 2.81. The molecule has 1 aromatic carbocycles. The summed E-state index contributed by atoms with van der Waals surface area (Å²) in [5.74, 6) is -1.54. The van der Waals surface area contributed by atoms with Gasteiger partial charge in [0.1, 0.15) is 0 Å². The summed E-state index contributed by atoms with van der Waals surface area (Å²) >= 11 is 0. The maximum Gasteiger partial charge on any atom is 0.331 e. The van der Waals surface area contributed by atoms with Crippen LogP contribution in [-0.4, -0.2) is 44.6 Å². The number of aliphatic hydroxyl groups is 1. The number of aromatic hydroxyl groups is 1. The Hall–Kier alpha value is -2.67. The molecule has 2 aromatic rings. The zero-order chi connectivity index (χ0) is 15.4. The molecule has 110 valence electrons. The van der Waals surface area contributed by atoms with Gasteiger partial charge in [0.05, 0.1) is 12.3 Å². The molecule has 7 nitrogen and oxygen atoms in total. The minimum absolute atomic E-state index is 0.000697. The highest BCUT2D eigenvalue weighted by Gasteiger charge is 2.22. The highest BCUT2D eigenvalue weighted by molar-refractivity contribution is 5.84. The number of hydrogen-bond acceptors (Lipinski definition) is 6. The van der Waals surface area contributed by atoms with E-state index in [1.807, 2.05) is 6.07 Å². The fraction of sp³-hybridized carbons (Fsp3) is 0.214. The fourth-order valence-corrected chi connectivity index (χ4v) is 1.66. The van der Waals surface area contributed by atoms with E-state index in [9.17, 15) is 15.0 Å². The van der Waals surface area contributed by atoms with Crippen molar-refractivity contribution in [2.45, 2.75) is 19.1 Å². The molecule has 0 bridgehead atoms. The van der Waals surface area contributed by atoms with Gasteiger partial charge in [-0.15, -0.1) is 0 Å². The van der Waals surface area contributed by atoms with Gasteiger partial charge in [0, 0.05) is 5.56 Å². The Labute approximate surface area is 120 Å². The van der Waals surface area contributed by atoms with E-state index in [1.54, 1.807) is 24.3 Å². The zero-order valence-electron chi connectivity index (χ0n) is 11.2. The van der Waals surface area contributed by atoms with Crippen LogP contribution >= 0.6 is 0 Å². The first kappa shape index (κ1) is 14.7. The first-order valence-corrected chi connectivity index (χ1v) is 6.18. The molecule has 0 aliphatic rings. The van der Waals surface area contributed by atoms with Crippen LogP contribution in [0.5, 0.6) is 5.95 Å². The SMILES string of the molecule is C[C@@H](O)[C@H](N=Cc1nc(-c2ccccc2)oc1O)C(=O)O. The second-order valence-electron chi connectivity index (χ2n) is 4.38. The van der Waals surface area contributed by atoms with Gasteiger partial charge in [-0.3, -0.25) is 4.99 Å². The third-order valence-electron chi connectivity index (χ3n) is 2.72. The van der Waals surface area contributed by atoms with E-state index in [2.05, 4.69) is 9.98 Å². The Kier molecular flexibility index (Phi) is 4.34. The smallest absolute Gasteiger partial charge is 0.331 e. The van der Waals surface area contributed by atoms with E-state index in [1.165, 1.54) is 6.92 Å². The first-order chi connectivity index (χ1) is 9.99. The van der Waals surface area contributed by atoms with Crippen LogP contribution in [0.25, 0.3) is 11.5 Å². The maximum atomic E-state index is 10.9. The number of carbonyl (C=O) groups is 1. The Balaban J connectivity index is 2.26. The van der Waals surface area contributed by atoms with Gasteiger partial charge in [-0.25, -0.2) is 9.78 Å². The van der Waals surface area contributed by atoms with Crippen molar-refractivity contribution in [3.05, 3.63) is 36.0 Å². The number of oxazole rings is 1. The first-order valence-electron chi connectivity index (χ1n) is 6.18. The molecule has 2 rings (SSSR count). The number of aromatic nitrogens is 1. The molecule has 0 aliphatic heterocycles. The molecule has 0 fully saturated rings. The molecule has 21 heavy (non-hydrogen) atoms. The highest BCUT2D eigenvalue weighted by Crippen LogP contribution is 2.25. The predicted octanol–water partition coefficient (Wildman–Crippen LogP) is 1.30. The summed E-state index contributed by atoms with van der Waals surface area (Å²) in [7, 11) is 0. The van der Waals surface area contributed by atoms with Crippen LogP contribution in [0.1, 0.15) is 12.6 Å². The molecule has 0 unspecified atom stereocenters. The molecule has 1 heterocycles. The zero-order valence-corrected chi connectivity index (χ0v) is 11.2. The van der Waals surface area contributed by atoms with Gasteiger partial charge in [-0.05, 0) is 19.1 Å². The molecule has 0 saturated heterocycles. The van der Waals surface area contributed by atoms with Crippen LogP contribution in [0.3, 0.4) is 0 Å². The standard InChI is InChI=1S/C14H14N2O5/c1-8(17)11(13(18)19)15-7-10-14(20)21-12(16-10)9-5-3-2-4-6-9/h2-8,11,17,20H,1H3,(H,18,19)/t8-,11+/m1/s1. The van der Waals surface area contributed by atoms with Crippen LogP contribution in [0.2, 0.25) is 0 Å². The van der Waals surface area contributed by atoms with Gasteiger partial charge in [-0.1, -0.05) is 18.2 Å². The molecule has 0 spiro atoms. The number of aliphatic imine (C=N–C) groups is 1. The number of aliphatic hydroxyl groups excluding tert-OH is 1. The maximum absolute atomic E-state index is 10.9. The predicted molar refractivity (Wildman–Crippen MR) is 74.3 cm³/mol.